The van der Waals surface area contributed by atoms with E-state index >= 15 is 0 Å². The fraction of sp³-hybridized carbons (Fsp3) is 0.778. The van der Waals surface area contributed by atoms with Gasteiger partial charge in [-0.05, 0) is 19.3 Å². The van der Waals surface area contributed by atoms with Crippen LogP contribution in [-0.4, -0.2) is 16.9 Å². The molecule has 1 N–H and O–H groups in total. The second-order valence-electron chi connectivity index (χ2n) is 3.43. The molecule has 0 aliphatic carbocycles. The van der Waals surface area contributed by atoms with Crippen LogP contribution in [0.5, 0.6) is 0 Å². The van der Waals surface area contributed by atoms with Gasteiger partial charge in [-0.25, -0.2) is 0 Å². The average Bonchev–Trinajstić information content (AvgIpc) is 1.84. The van der Waals surface area contributed by atoms with Gasteiger partial charge in [-0.1, -0.05) is 13.8 Å². The van der Waals surface area contributed by atoms with Crippen molar-refractivity contribution in [3.05, 3.63) is 0 Å². The smallest absolute Gasteiger partial charge is 0.306 e. The van der Waals surface area contributed by atoms with Crippen LogP contribution in [-0.2, 0) is 9.59 Å². The highest BCUT2D eigenvalue weighted by molar-refractivity contribution is 5.77. The second kappa shape index (κ2) is 4.91. The molecule has 12 heavy (non-hydrogen) atoms. The van der Waals surface area contributed by atoms with Gasteiger partial charge >= 0.3 is 5.97 Å². The molecule has 0 saturated heterocycles. The summed E-state index contributed by atoms with van der Waals surface area (Å²) in [5.41, 5.74) is 0. The molecule has 0 bridgehead atoms. The van der Waals surface area contributed by atoms with Crippen LogP contribution >= 0.6 is 0 Å². The minimum atomic E-state index is -0.800. The van der Waals surface area contributed by atoms with Crippen molar-refractivity contribution >= 4 is 11.8 Å². The number of ketones is 1. The van der Waals surface area contributed by atoms with Crippen LogP contribution in [0.15, 0.2) is 0 Å². The van der Waals surface area contributed by atoms with Crippen molar-refractivity contribution in [2.24, 2.45) is 11.8 Å². The zero-order chi connectivity index (χ0) is 9.72. The van der Waals surface area contributed by atoms with E-state index in [2.05, 4.69) is 0 Å². The fourth-order valence-corrected chi connectivity index (χ4v) is 1.10. The lowest BCUT2D eigenvalue weighted by Gasteiger charge is -2.14. The Hall–Kier alpha value is -0.860. The number of Topliss-reactive ketones (excluding diaryl/α,β-unsaturated/α-hetero) is 1. The Morgan fingerprint density at radius 2 is 1.83 bits per heavy atom. The van der Waals surface area contributed by atoms with Crippen LogP contribution in [0.3, 0.4) is 0 Å². The van der Waals surface area contributed by atoms with Gasteiger partial charge in [-0.3, -0.25) is 4.79 Å². The first kappa shape index (κ1) is 11.1. The van der Waals surface area contributed by atoms with Crippen molar-refractivity contribution in [2.45, 2.75) is 33.6 Å². The molecule has 0 aliphatic heterocycles. The molecule has 0 spiro atoms. The Labute approximate surface area is 72.8 Å². The first-order chi connectivity index (χ1) is 5.45. The van der Waals surface area contributed by atoms with Crippen LogP contribution in [0.25, 0.3) is 0 Å². The predicted molar refractivity (Wildman–Crippen MR) is 45.9 cm³/mol. The highest BCUT2D eigenvalue weighted by Crippen LogP contribution is 2.17. The Bertz CT molecular complexity index is 173. The number of carboxylic acid groups (broad SMARTS) is 1. The number of aliphatic carboxylic acids is 1. The monoisotopic (exact) mass is 172 g/mol. The van der Waals surface area contributed by atoms with E-state index in [0.29, 0.717) is 12.8 Å². The normalized spacial score (nSPS) is 13.0. The summed E-state index contributed by atoms with van der Waals surface area (Å²) in [6.07, 6.45) is 0.831. The highest BCUT2D eigenvalue weighted by atomic mass is 16.4. The van der Waals surface area contributed by atoms with E-state index in [1.165, 1.54) is 6.92 Å². The van der Waals surface area contributed by atoms with Gasteiger partial charge in [-0.2, -0.15) is 0 Å². The minimum Gasteiger partial charge on any atom is -0.481 e. The van der Waals surface area contributed by atoms with E-state index in [0.717, 1.165) is 0 Å². The highest BCUT2D eigenvalue weighted by Gasteiger charge is 2.21. The van der Waals surface area contributed by atoms with Gasteiger partial charge in [0.1, 0.15) is 5.78 Å². The maximum atomic E-state index is 10.6. The van der Waals surface area contributed by atoms with E-state index in [9.17, 15) is 9.59 Å². The van der Waals surface area contributed by atoms with Crippen molar-refractivity contribution in [1.29, 1.82) is 0 Å². The molecule has 0 saturated carbocycles. The summed E-state index contributed by atoms with van der Waals surface area (Å²) in [6.45, 7) is 5.21. The van der Waals surface area contributed by atoms with Gasteiger partial charge in [0, 0.05) is 6.42 Å². The average molecular weight is 172 g/mol. The van der Waals surface area contributed by atoms with E-state index in [4.69, 9.17) is 5.11 Å². The van der Waals surface area contributed by atoms with Crippen LogP contribution < -0.4 is 0 Å². The molecule has 0 unspecified atom stereocenters. The summed E-state index contributed by atoms with van der Waals surface area (Å²) < 4.78 is 0. The van der Waals surface area contributed by atoms with Crippen LogP contribution in [0.4, 0.5) is 0 Å². The zero-order valence-electron chi connectivity index (χ0n) is 7.83. The molecule has 0 aromatic rings. The molecule has 0 aromatic heterocycles. The molecular formula is C9H16O3. The molecule has 0 radical (unpaired) electrons. The van der Waals surface area contributed by atoms with Crippen LogP contribution in [0.1, 0.15) is 33.6 Å². The lowest BCUT2D eigenvalue weighted by molar-refractivity contribution is -0.143. The molecule has 70 valence electrons. The summed E-state index contributed by atoms with van der Waals surface area (Å²) in [7, 11) is 0. The van der Waals surface area contributed by atoms with Gasteiger partial charge in [0.25, 0.3) is 0 Å². The molecular weight excluding hydrogens is 156 g/mol. The van der Waals surface area contributed by atoms with Crippen molar-refractivity contribution in [1.82, 2.24) is 0 Å². The third-order valence-electron chi connectivity index (χ3n) is 1.93. The Balaban J connectivity index is 3.97. The minimum absolute atomic E-state index is 0.0573. The fourth-order valence-electron chi connectivity index (χ4n) is 1.10. The largest absolute Gasteiger partial charge is 0.481 e. The second-order valence-corrected chi connectivity index (χ2v) is 3.43. The van der Waals surface area contributed by atoms with Gasteiger partial charge < -0.3 is 9.90 Å². The Morgan fingerprint density at radius 1 is 1.33 bits per heavy atom. The molecule has 0 aromatic carbocycles. The number of carbonyl (C=O) groups is 2. The quantitative estimate of drug-likeness (QED) is 0.686. The molecule has 3 nitrogen and oxygen atoms in total. The van der Waals surface area contributed by atoms with Gasteiger partial charge in [-0.15, -0.1) is 0 Å². The third-order valence-corrected chi connectivity index (χ3v) is 1.93. The van der Waals surface area contributed by atoms with Gasteiger partial charge in [0.05, 0.1) is 5.92 Å². The van der Waals surface area contributed by atoms with E-state index < -0.39 is 5.97 Å². The van der Waals surface area contributed by atoms with Gasteiger partial charge in [0.2, 0.25) is 0 Å². The number of carboxylic acids is 1. The standard InChI is InChI=1S/C9H16O3/c1-6(2)8(9(11)12)5-4-7(3)10/h6,8H,4-5H2,1-3H3,(H,11,12)/t8-/m0/s1. The third kappa shape index (κ3) is 4.11. The predicted octanol–water partition coefficient (Wildman–Crippen LogP) is 1.71. The molecule has 0 aliphatic rings. The van der Waals surface area contributed by atoms with Crippen molar-refractivity contribution in [3.8, 4) is 0 Å². The van der Waals surface area contributed by atoms with Crippen LogP contribution in [0, 0.1) is 11.8 Å². The maximum Gasteiger partial charge on any atom is 0.306 e. The number of carbonyl (C=O) groups excluding carboxylic acids is 1. The lowest BCUT2D eigenvalue weighted by atomic mass is 9.91. The number of rotatable bonds is 5. The van der Waals surface area contributed by atoms with Crippen molar-refractivity contribution in [2.75, 3.05) is 0 Å². The summed E-state index contributed by atoms with van der Waals surface area (Å²) in [6, 6.07) is 0. The first-order valence-corrected chi connectivity index (χ1v) is 4.17. The lowest BCUT2D eigenvalue weighted by Crippen LogP contribution is -2.20. The SMILES string of the molecule is CC(=O)CC[C@H](C(=O)O)C(C)C. The van der Waals surface area contributed by atoms with E-state index in [1.807, 2.05) is 13.8 Å². The number of hydrogen-bond acceptors (Lipinski definition) is 2. The molecule has 0 fully saturated rings. The summed E-state index contributed by atoms with van der Waals surface area (Å²) in [5.74, 6) is -1.02. The summed E-state index contributed by atoms with van der Waals surface area (Å²) in [4.78, 5) is 21.2. The van der Waals surface area contributed by atoms with Crippen LogP contribution in [0.2, 0.25) is 0 Å². The molecule has 0 rings (SSSR count). The summed E-state index contributed by atoms with van der Waals surface area (Å²) in [5, 5.41) is 8.75. The Kier molecular flexibility index (Phi) is 4.55. The van der Waals surface area contributed by atoms with E-state index in [1.54, 1.807) is 0 Å². The zero-order valence-corrected chi connectivity index (χ0v) is 7.83. The molecule has 3 heteroatoms. The number of hydrogen-bond donors (Lipinski definition) is 1. The van der Waals surface area contributed by atoms with E-state index in [-0.39, 0.29) is 17.6 Å². The van der Waals surface area contributed by atoms with Crippen molar-refractivity contribution in [3.63, 3.8) is 0 Å². The molecule has 0 amide bonds. The van der Waals surface area contributed by atoms with Crippen molar-refractivity contribution < 1.29 is 14.7 Å². The maximum absolute atomic E-state index is 10.6. The topological polar surface area (TPSA) is 54.4 Å². The Morgan fingerprint density at radius 3 is 2.08 bits per heavy atom. The first-order valence-electron chi connectivity index (χ1n) is 4.17. The van der Waals surface area contributed by atoms with Gasteiger partial charge in [0.15, 0.2) is 0 Å². The molecule has 0 heterocycles. The summed E-state index contributed by atoms with van der Waals surface area (Å²) >= 11 is 0. The molecule has 1 atom stereocenters.